The maximum absolute atomic E-state index is 11.0. The summed E-state index contributed by atoms with van der Waals surface area (Å²) < 4.78 is 0. The maximum atomic E-state index is 11.0. The summed E-state index contributed by atoms with van der Waals surface area (Å²) in [5, 5.41) is 19.1. The van der Waals surface area contributed by atoms with E-state index in [-0.39, 0.29) is 0 Å². The Labute approximate surface area is 94.0 Å². The zero-order valence-electron chi connectivity index (χ0n) is 8.89. The molecule has 0 aromatic heterocycles. The predicted octanol–water partition coefficient (Wildman–Crippen LogP) is 2.29. The SMILES string of the molecule is O=C(O)C1=C(C(O)c2ccccc2)CCC1. The lowest BCUT2D eigenvalue weighted by Crippen LogP contribution is -2.06. The largest absolute Gasteiger partial charge is 0.478 e. The zero-order valence-corrected chi connectivity index (χ0v) is 8.89. The number of hydrogen-bond acceptors (Lipinski definition) is 2. The van der Waals surface area contributed by atoms with Crippen LogP contribution in [0.3, 0.4) is 0 Å². The number of aliphatic hydroxyl groups excluding tert-OH is 1. The van der Waals surface area contributed by atoms with Crippen molar-refractivity contribution in [3.8, 4) is 0 Å². The molecular formula is C13H14O3. The first-order chi connectivity index (χ1) is 7.70. The van der Waals surface area contributed by atoms with Crippen LogP contribution in [0.15, 0.2) is 41.5 Å². The van der Waals surface area contributed by atoms with Crippen LogP contribution >= 0.6 is 0 Å². The van der Waals surface area contributed by atoms with Gasteiger partial charge < -0.3 is 10.2 Å². The maximum Gasteiger partial charge on any atom is 0.331 e. The Balaban J connectivity index is 2.31. The zero-order chi connectivity index (χ0) is 11.5. The quantitative estimate of drug-likeness (QED) is 0.818. The number of carbonyl (C=O) groups is 1. The molecule has 1 aliphatic carbocycles. The highest BCUT2D eigenvalue weighted by Gasteiger charge is 2.25. The number of rotatable bonds is 3. The van der Waals surface area contributed by atoms with Crippen LogP contribution in [0.5, 0.6) is 0 Å². The number of aliphatic hydroxyl groups is 1. The van der Waals surface area contributed by atoms with Gasteiger partial charge in [0.05, 0.1) is 0 Å². The summed E-state index contributed by atoms with van der Waals surface area (Å²) in [6.07, 6.45) is 1.29. The van der Waals surface area contributed by atoms with Gasteiger partial charge in [-0.1, -0.05) is 30.3 Å². The van der Waals surface area contributed by atoms with Gasteiger partial charge in [0.1, 0.15) is 6.10 Å². The van der Waals surface area contributed by atoms with Gasteiger partial charge in [-0.15, -0.1) is 0 Å². The second kappa shape index (κ2) is 4.49. The van der Waals surface area contributed by atoms with E-state index < -0.39 is 12.1 Å². The molecule has 0 heterocycles. The van der Waals surface area contributed by atoms with Crippen LogP contribution in [-0.2, 0) is 4.79 Å². The summed E-state index contributed by atoms with van der Waals surface area (Å²) in [5.41, 5.74) is 1.81. The molecule has 2 rings (SSSR count). The first-order valence-corrected chi connectivity index (χ1v) is 5.38. The van der Waals surface area contributed by atoms with E-state index in [9.17, 15) is 9.90 Å². The highest BCUT2D eigenvalue weighted by molar-refractivity contribution is 5.88. The predicted molar refractivity (Wildman–Crippen MR) is 59.9 cm³/mol. The average molecular weight is 218 g/mol. The van der Waals surface area contributed by atoms with Crippen LogP contribution in [0.25, 0.3) is 0 Å². The van der Waals surface area contributed by atoms with Crippen molar-refractivity contribution in [3.05, 3.63) is 47.0 Å². The van der Waals surface area contributed by atoms with Gasteiger partial charge in [0.15, 0.2) is 0 Å². The third-order valence-electron chi connectivity index (χ3n) is 2.96. The summed E-state index contributed by atoms with van der Waals surface area (Å²) in [7, 11) is 0. The second-order valence-electron chi connectivity index (χ2n) is 3.98. The standard InChI is InChI=1S/C13H14O3/c14-12(9-5-2-1-3-6-9)10-7-4-8-11(10)13(15)16/h1-3,5-6,12,14H,4,7-8H2,(H,15,16). The lowest BCUT2D eigenvalue weighted by Gasteiger charge is -2.13. The van der Waals surface area contributed by atoms with Crippen molar-refractivity contribution in [1.82, 2.24) is 0 Å². The van der Waals surface area contributed by atoms with Crippen LogP contribution in [0.4, 0.5) is 0 Å². The number of hydrogen-bond donors (Lipinski definition) is 2. The summed E-state index contributed by atoms with van der Waals surface area (Å²) in [5.74, 6) is -0.900. The molecule has 0 saturated heterocycles. The second-order valence-corrected chi connectivity index (χ2v) is 3.98. The van der Waals surface area contributed by atoms with Crippen molar-refractivity contribution < 1.29 is 15.0 Å². The molecule has 0 saturated carbocycles. The van der Waals surface area contributed by atoms with E-state index >= 15 is 0 Å². The van der Waals surface area contributed by atoms with Crippen LogP contribution in [-0.4, -0.2) is 16.2 Å². The minimum atomic E-state index is -0.900. The van der Waals surface area contributed by atoms with E-state index in [1.807, 2.05) is 30.3 Å². The Bertz CT molecular complexity index is 420. The Kier molecular flexibility index (Phi) is 3.06. The van der Waals surface area contributed by atoms with Gasteiger partial charge in [0.2, 0.25) is 0 Å². The lowest BCUT2D eigenvalue weighted by molar-refractivity contribution is -0.132. The van der Waals surface area contributed by atoms with Crippen molar-refractivity contribution >= 4 is 5.97 Å². The van der Waals surface area contributed by atoms with E-state index in [4.69, 9.17) is 5.11 Å². The van der Waals surface area contributed by atoms with Crippen LogP contribution in [0, 0.1) is 0 Å². The van der Waals surface area contributed by atoms with Crippen molar-refractivity contribution in [2.24, 2.45) is 0 Å². The molecule has 0 fully saturated rings. The molecule has 0 aliphatic heterocycles. The van der Waals surface area contributed by atoms with E-state index in [1.165, 1.54) is 0 Å². The van der Waals surface area contributed by atoms with Crippen LogP contribution in [0.2, 0.25) is 0 Å². The smallest absolute Gasteiger partial charge is 0.331 e. The molecule has 0 radical (unpaired) electrons. The average Bonchev–Trinajstić information content (AvgIpc) is 2.78. The number of carboxylic acid groups (broad SMARTS) is 1. The molecule has 0 spiro atoms. The van der Waals surface area contributed by atoms with Crippen LogP contribution < -0.4 is 0 Å². The monoisotopic (exact) mass is 218 g/mol. The van der Waals surface area contributed by atoms with Crippen molar-refractivity contribution in [2.75, 3.05) is 0 Å². The summed E-state index contributed by atoms with van der Waals surface area (Å²) in [4.78, 5) is 11.0. The third kappa shape index (κ3) is 1.99. The lowest BCUT2D eigenvalue weighted by atomic mass is 9.98. The van der Waals surface area contributed by atoms with Crippen LogP contribution in [0.1, 0.15) is 30.9 Å². The fourth-order valence-corrected chi connectivity index (χ4v) is 2.15. The van der Waals surface area contributed by atoms with Crippen molar-refractivity contribution in [1.29, 1.82) is 0 Å². The molecule has 3 nitrogen and oxygen atoms in total. The summed E-state index contributed by atoms with van der Waals surface area (Å²) >= 11 is 0. The molecule has 0 amide bonds. The number of benzene rings is 1. The van der Waals surface area contributed by atoms with Gasteiger partial charge in [-0.25, -0.2) is 4.79 Å². The van der Waals surface area contributed by atoms with Crippen molar-refractivity contribution in [3.63, 3.8) is 0 Å². The molecule has 1 atom stereocenters. The molecule has 16 heavy (non-hydrogen) atoms. The fraction of sp³-hybridized carbons (Fsp3) is 0.308. The Morgan fingerprint density at radius 1 is 1.19 bits per heavy atom. The summed E-state index contributed by atoms with van der Waals surface area (Å²) in [6, 6.07) is 9.19. The Morgan fingerprint density at radius 2 is 1.88 bits per heavy atom. The molecular weight excluding hydrogens is 204 g/mol. The Hall–Kier alpha value is -1.61. The Morgan fingerprint density at radius 3 is 2.50 bits per heavy atom. The first kappa shape index (κ1) is 10.9. The minimum absolute atomic E-state index is 0.386. The van der Waals surface area contributed by atoms with E-state index in [0.717, 1.165) is 12.0 Å². The van der Waals surface area contributed by atoms with E-state index in [1.54, 1.807) is 0 Å². The van der Waals surface area contributed by atoms with Gasteiger partial charge in [0.25, 0.3) is 0 Å². The molecule has 3 heteroatoms. The molecule has 2 N–H and O–H groups in total. The minimum Gasteiger partial charge on any atom is -0.478 e. The van der Waals surface area contributed by atoms with Gasteiger partial charge >= 0.3 is 5.97 Å². The van der Waals surface area contributed by atoms with Gasteiger partial charge in [-0.2, -0.15) is 0 Å². The first-order valence-electron chi connectivity index (χ1n) is 5.38. The van der Waals surface area contributed by atoms with E-state index in [2.05, 4.69) is 0 Å². The highest BCUT2D eigenvalue weighted by atomic mass is 16.4. The van der Waals surface area contributed by atoms with Crippen molar-refractivity contribution in [2.45, 2.75) is 25.4 Å². The molecule has 0 bridgehead atoms. The number of aliphatic carboxylic acids is 1. The fourth-order valence-electron chi connectivity index (χ4n) is 2.15. The highest BCUT2D eigenvalue weighted by Crippen LogP contribution is 2.35. The third-order valence-corrected chi connectivity index (χ3v) is 2.96. The van der Waals surface area contributed by atoms with E-state index in [0.29, 0.717) is 24.0 Å². The molecule has 1 aromatic carbocycles. The molecule has 1 aliphatic rings. The summed E-state index contributed by atoms with van der Waals surface area (Å²) in [6.45, 7) is 0. The molecule has 1 aromatic rings. The van der Waals surface area contributed by atoms with Gasteiger partial charge in [0, 0.05) is 5.57 Å². The number of carboxylic acids is 1. The normalized spacial score (nSPS) is 17.6. The molecule has 84 valence electrons. The van der Waals surface area contributed by atoms with Gasteiger partial charge in [-0.3, -0.25) is 0 Å². The molecule has 1 unspecified atom stereocenters. The topological polar surface area (TPSA) is 57.5 Å². The van der Waals surface area contributed by atoms with Gasteiger partial charge in [-0.05, 0) is 30.4 Å².